The van der Waals surface area contributed by atoms with Crippen LogP contribution in [0.3, 0.4) is 0 Å². The van der Waals surface area contributed by atoms with Crippen molar-refractivity contribution in [3.63, 3.8) is 0 Å². The Morgan fingerprint density at radius 1 is 1.22 bits per heavy atom. The number of hydrogen-bond acceptors (Lipinski definition) is 3. The number of aryl methyl sites for hydroxylation is 1. The molecule has 3 heterocycles. The number of fused-ring (bicyclic) bond motifs is 1. The van der Waals surface area contributed by atoms with E-state index < -0.39 is 5.82 Å². The van der Waals surface area contributed by atoms with E-state index in [0.717, 1.165) is 23.1 Å². The summed E-state index contributed by atoms with van der Waals surface area (Å²) in [5, 5.41) is 0.454. The van der Waals surface area contributed by atoms with Gasteiger partial charge in [0.05, 0.1) is 34.2 Å². The molecule has 0 saturated heterocycles. The van der Waals surface area contributed by atoms with Crippen LogP contribution in [0.4, 0.5) is 4.39 Å². The molecule has 1 unspecified atom stereocenters. The molecule has 1 aliphatic heterocycles. The first-order valence-electron chi connectivity index (χ1n) is 8.42. The van der Waals surface area contributed by atoms with Crippen LogP contribution in [-0.2, 0) is 0 Å². The highest BCUT2D eigenvalue weighted by molar-refractivity contribution is 6.34. The van der Waals surface area contributed by atoms with Crippen LogP contribution < -0.4 is 0 Å². The molecular formula is C20H16ClFN4O. The summed E-state index contributed by atoms with van der Waals surface area (Å²) in [6.45, 7) is 3.77. The number of rotatable bonds is 2. The SMILES string of the molecule is Cc1cccc(C(=O)N2C=Cc3c(ncn3-c3ccc(F)cn3)C2C)c1Cl. The lowest BCUT2D eigenvalue weighted by Gasteiger charge is -2.29. The van der Waals surface area contributed by atoms with Gasteiger partial charge in [0, 0.05) is 6.20 Å². The Bertz CT molecular complexity index is 1060. The van der Waals surface area contributed by atoms with Gasteiger partial charge in [-0.3, -0.25) is 9.36 Å². The molecule has 136 valence electrons. The van der Waals surface area contributed by atoms with Gasteiger partial charge in [-0.1, -0.05) is 23.7 Å². The molecule has 27 heavy (non-hydrogen) atoms. The molecule has 5 nitrogen and oxygen atoms in total. The van der Waals surface area contributed by atoms with Gasteiger partial charge in [0.2, 0.25) is 0 Å². The van der Waals surface area contributed by atoms with Gasteiger partial charge in [0.25, 0.3) is 5.91 Å². The Hall–Kier alpha value is -2.99. The molecule has 2 aromatic heterocycles. The first-order valence-corrected chi connectivity index (χ1v) is 8.80. The molecule has 0 saturated carbocycles. The minimum atomic E-state index is -0.400. The molecule has 3 aromatic rings. The Balaban J connectivity index is 1.69. The minimum absolute atomic E-state index is 0.187. The second-order valence-corrected chi connectivity index (χ2v) is 6.74. The molecule has 1 atom stereocenters. The number of benzene rings is 1. The Morgan fingerprint density at radius 3 is 2.78 bits per heavy atom. The normalized spacial score (nSPS) is 15.7. The van der Waals surface area contributed by atoms with E-state index in [2.05, 4.69) is 9.97 Å². The van der Waals surface area contributed by atoms with Crippen LogP contribution >= 0.6 is 11.6 Å². The number of pyridine rings is 1. The van der Waals surface area contributed by atoms with E-state index in [0.29, 0.717) is 16.4 Å². The van der Waals surface area contributed by atoms with E-state index in [1.54, 1.807) is 40.2 Å². The van der Waals surface area contributed by atoms with Crippen LogP contribution in [0.25, 0.3) is 11.9 Å². The molecule has 1 aliphatic rings. The van der Waals surface area contributed by atoms with E-state index in [1.165, 1.54) is 6.07 Å². The predicted molar refractivity (Wildman–Crippen MR) is 101 cm³/mol. The van der Waals surface area contributed by atoms with E-state index in [1.807, 2.05) is 26.0 Å². The summed E-state index contributed by atoms with van der Waals surface area (Å²) < 4.78 is 14.9. The number of imidazole rings is 1. The topological polar surface area (TPSA) is 51.0 Å². The first-order chi connectivity index (χ1) is 13.0. The van der Waals surface area contributed by atoms with Crippen LogP contribution in [0.1, 0.15) is 40.3 Å². The average Bonchev–Trinajstić information content (AvgIpc) is 3.09. The fourth-order valence-electron chi connectivity index (χ4n) is 3.16. The number of carbonyl (C=O) groups excluding carboxylic acids is 1. The fourth-order valence-corrected chi connectivity index (χ4v) is 3.37. The molecule has 7 heteroatoms. The van der Waals surface area contributed by atoms with Gasteiger partial charge >= 0.3 is 0 Å². The number of hydrogen-bond donors (Lipinski definition) is 0. The summed E-state index contributed by atoms with van der Waals surface area (Å²) in [7, 11) is 0. The number of nitrogens with zero attached hydrogens (tertiary/aromatic N) is 4. The van der Waals surface area contributed by atoms with Crippen LogP contribution in [0.2, 0.25) is 5.02 Å². The standard InChI is InChI=1S/C20H16ClFN4O/c1-12-4-3-5-15(18(12)21)20(27)25-9-8-16-19(13(25)2)24-11-26(16)17-7-6-14(22)10-23-17/h3-11,13H,1-2H3. The van der Waals surface area contributed by atoms with E-state index in [-0.39, 0.29) is 11.9 Å². The van der Waals surface area contributed by atoms with Gasteiger partial charge in [0.1, 0.15) is 18.0 Å². The van der Waals surface area contributed by atoms with Crippen molar-refractivity contribution in [2.24, 2.45) is 0 Å². The van der Waals surface area contributed by atoms with Crippen molar-refractivity contribution in [2.45, 2.75) is 19.9 Å². The molecule has 0 radical (unpaired) electrons. The molecular weight excluding hydrogens is 367 g/mol. The first kappa shape index (κ1) is 17.4. The maximum Gasteiger partial charge on any atom is 0.259 e. The third-order valence-electron chi connectivity index (χ3n) is 4.66. The van der Waals surface area contributed by atoms with Crippen molar-refractivity contribution >= 4 is 23.6 Å². The largest absolute Gasteiger partial charge is 0.306 e. The second-order valence-electron chi connectivity index (χ2n) is 6.36. The zero-order valence-corrected chi connectivity index (χ0v) is 15.5. The highest BCUT2D eigenvalue weighted by Crippen LogP contribution is 2.32. The number of halogens is 2. The smallest absolute Gasteiger partial charge is 0.259 e. The van der Waals surface area contributed by atoms with Gasteiger partial charge < -0.3 is 4.90 Å². The van der Waals surface area contributed by atoms with Crippen LogP contribution in [-0.4, -0.2) is 25.3 Å². The van der Waals surface area contributed by atoms with Gasteiger partial charge in [-0.15, -0.1) is 0 Å². The average molecular weight is 383 g/mol. The zero-order valence-electron chi connectivity index (χ0n) is 14.7. The Morgan fingerprint density at radius 2 is 2.04 bits per heavy atom. The predicted octanol–water partition coefficient (Wildman–Crippen LogP) is 4.56. The summed E-state index contributed by atoms with van der Waals surface area (Å²) in [6, 6.07) is 8.04. The molecule has 1 aromatic carbocycles. The van der Waals surface area contributed by atoms with Gasteiger partial charge in [-0.05, 0) is 43.7 Å². The Labute approximate surface area is 160 Å². The van der Waals surface area contributed by atoms with E-state index in [4.69, 9.17) is 11.6 Å². The van der Waals surface area contributed by atoms with Gasteiger partial charge in [-0.2, -0.15) is 0 Å². The fraction of sp³-hybridized carbons (Fsp3) is 0.150. The zero-order chi connectivity index (χ0) is 19.1. The van der Waals surface area contributed by atoms with Crippen molar-refractivity contribution in [1.29, 1.82) is 0 Å². The highest BCUT2D eigenvalue weighted by atomic mass is 35.5. The maximum absolute atomic E-state index is 13.1. The lowest BCUT2D eigenvalue weighted by atomic mass is 10.1. The summed E-state index contributed by atoms with van der Waals surface area (Å²) in [5.41, 5.74) is 2.85. The lowest BCUT2D eigenvalue weighted by Crippen LogP contribution is -2.31. The highest BCUT2D eigenvalue weighted by Gasteiger charge is 2.30. The minimum Gasteiger partial charge on any atom is -0.306 e. The van der Waals surface area contributed by atoms with Crippen LogP contribution in [0, 0.1) is 12.7 Å². The van der Waals surface area contributed by atoms with Crippen molar-refractivity contribution in [2.75, 3.05) is 0 Å². The van der Waals surface area contributed by atoms with Crippen LogP contribution in [0.15, 0.2) is 49.1 Å². The second kappa shape index (κ2) is 6.63. The van der Waals surface area contributed by atoms with Gasteiger partial charge in [0.15, 0.2) is 0 Å². The third-order valence-corrected chi connectivity index (χ3v) is 5.16. The molecule has 1 amide bonds. The molecule has 0 spiro atoms. The molecule has 0 aliphatic carbocycles. The molecule has 0 bridgehead atoms. The monoisotopic (exact) mass is 382 g/mol. The number of amides is 1. The number of aromatic nitrogens is 3. The molecule has 0 N–H and O–H groups in total. The summed E-state index contributed by atoms with van der Waals surface area (Å²) in [5.74, 6) is -0.0282. The lowest BCUT2D eigenvalue weighted by molar-refractivity contribution is 0.0774. The van der Waals surface area contributed by atoms with Crippen molar-refractivity contribution in [1.82, 2.24) is 19.4 Å². The molecule has 0 fully saturated rings. The van der Waals surface area contributed by atoms with E-state index in [9.17, 15) is 9.18 Å². The quantitative estimate of drug-likeness (QED) is 0.653. The van der Waals surface area contributed by atoms with Crippen molar-refractivity contribution in [3.8, 4) is 5.82 Å². The summed E-state index contributed by atoms with van der Waals surface area (Å²) in [6.07, 6.45) is 6.30. The number of carbonyl (C=O) groups is 1. The summed E-state index contributed by atoms with van der Waals surface area (Å²) in [4.78, 5) is 23.2. The third kappa shape index (κ3) is 2.92. The summed E-state index contributed by atoms with van der Waals surface area (Å²) >= 11 is 6.32. The van der Waals surface area contributed by atoms with Crippen molar-refractivity contribution < 1.29 is 9.18 Å². The van der Waals surface area contributed by atoms with Crippen molar-refractivity contribution in [3.05, 3.63) is 82.4 Å². The van der Waals surface area contributed by atoms with Crippen LogP contribution in [0.5, 0.6) is 0 Å². The maximum atomic E-state index is 13.1. The van der Waals surface area contributed by atoms with E-state index >= 15 is 0 Å². The van der Waals surface area contributed by atoms with Gasteiger partial charge in [-0.25, -0.2) is 14.4 Å². The molecule has 4 rings (SSSR count). The Kier molecular flexibility index (Phi) is 4.28.